The number of rotatable bonds is 7. The molecule has 8 nitrogen and oxygen atoms in total. The molecule has 2 aliphatic heterocycles. The molecule has 2 fully saturated rings. The van der Waals surface area contributed by atoms with Gasteiger partial charge in [-0.15, -0.1) is 0 Å². The van der Waals surface area contributed by atoms with E-state index in [2.05, 4.69) is 10.2 Å². The number of carbonyl (C=O) groups excluding carboxylic acids is 1. The summed E-state index contributed by atoms with van der Waals surface area (Å²) in [5, 5.41) is 2.92. The van der Waals surface area contributed by atoms with E-state index in [0.29, 0.717) is 32.0 Å². The lowest BCUT2D eigenvalue weighted by Crippen LogP contribution is -2.40. The number of amides is 1. The number of carbonyl (C=O) groups is 1. The van der Waals surface area contributed by atoms with Gasteiger partial charge in [-0.05, 0) is 61.2 Å². The highest BCUT2D eigenvalue weighted by molar-refractivity contribution is 7.89. The Morgan fingerprint density at radius 3 is 2.38 bits per heavy atom. The Labute approximate surface area is 201 Å². The minimum atomic E-state index is -3.68. The molecule has 2 saturated heterocycles. The number of nitrogens with zero attached hydrogens (tertiary/aromatic N) is 2. The number of nitrogens with one attached hydrogen (secondary N) is 1. The Morgan fingerprint density at radius 1 is 1.00 bits per heavy atom. The summed E-state index contributed by atoms with van der Waals surface area (Å²) in [6.07, 6.45) is 6.47. The standard InChI is InChI=1S/C25H31N3O5S/c1-32-21-8-5-20(6-9-21)7-12-25(29)26-23-19-22(34(30,31)28-15-17-33-18-16-28)10-11-24(23)27-13-3-2-4-14-27/h5-12,19H,2-4,13-18H2,1H3,(H,26,29)/b12-7+. The largest absolute Gasteiger partial charge is 0.497 e. The lowest BCUT2D eigenvalue weighted by molar-refractivity contribution is -0.111. The molecule has 9 heteroatoms. The van der Waals surface area contributed by atoms with Crippen molar-refractivity contribution in [2.45, 2.75) is 24.2 Å². The van der Waals surface area contributed by atoms with E-state index in [1.54, 1.807) is 31.4 Å². The molecule has 1 amide bonds. The first-order chi connectivity index (χ1) is 16.5. The van der Waals surface area contributed by atoms with Crippen LogP contribution in [-0.2, 0) is 19.6 Å². The van der Waals surface area contributed by atoms with Crippen molar-refractivity contribution in [3.8, 4) is 5.75 Å². The van der Waals surface area contributed by atoms with Gasteiger partial charge in [-0.1, -0.05) is 12.1 Å². The fourth-order valence-electron chi connectivity index (χ4n) is 4.18. The van der Waals surface area contributed by atoms with E-state index in [1.165, 1.54) is 16.8 Å². The smallest absolute Gasteiger partial charge is 0.248 e. The summed E-state index contributed by atoms with van der Waals surface area (Å²) in [6.45, 7) is 3.15. The van der Waals surface area contributed by atoms with E-state index in [9.17, 15) is 13.2 Å². The molecule has 0 spiro atoms. The van der Waals surface area contributed by atoms with Gasteiger partial charge in [-0.25, -0.2) is 8.42 Å². The second-order valence-electron chi connectivity index (χ2n) is 8.34. The average Bonchev–Trinajstić information content (AvgIpc) is 2.89. The lowest BCUT2D eigenvalue weighted by Gasteiger charge is -2.31. The Bertz CT molecular complexity index is 1120. The van der Waals surface area contributed by atoms with Crippen LogP contribution in [0.3, 0.4) is 0 Å². The number of morpholine rings is 1. The fraction of sp³-hybridized carbons (Fsp3) is 0.400. The van der Waals surface area contributed by atoms with Crippen molar-refractivity contribution >= 4 is 33.4 Å². The van der Waals surface area contributed by atoms with Crippen LogP contribution < -0.4 is 15.0 Å². The second-order valence-corrected chi connectivity index (χ2v) is 10.3. The van der Waals surface area contributed by atoms with Crippen LogP contribution in [0.2, 0.25) is 0 Å². The molecule has 0 unspecified atom stereocenters. The Balaban J connectivity index is 1.58. The van der Waals surface area contributed by atoms with Gasteiger partial charge in [0.15, 0.2) is 0 Å². The highest BCUT2D eigenvalue weighted by Crippen LogP contribution is 2.32. The van der Waals surface area contributed by atoms with E-state index < -0.39 is 10.0 Å². The molecule has 2 aromatic rings. The summed E-state index contributed by atoms with van der Waals surface area (Å²) < 4.78 is 38.3. The quantitative estimate of drug-likeness (QED) is 0.605. The summed E-state index contributed by atoms with van der Waals surface area (Å²) in [5.41, 5.74) is 2.20. The van der Waals surface area contributed by atoms with Crippen LogP contribution in [0.1, 0.15) is 24.8 Å². The Morgan fingerprint density at radius 2 is 1.71 bits per heavy atom. The van der Waals surface area contributed by atoms with Gasteiger partial charge in [0.2, 0.25) is 15.9 Å². The van der Waals surface area contributed by atoms with Gasteiger partial charge in [-0.2, -0.15) is 4.31 Å². The van der Waals surface area contributed by atoms with Crippen molar-refractivity contribution in [1.82, 2.24) is 4.31 Å². The van der Waals surface area contributed by atoms with Crippen LogP contribution in [0.15, 0.2) is 53.4 Å². The first-order valence-electron chi connectivity index (χ1n) is 11.6. The van der Waals surface area contributed by atoms with Gasteiger partial charge < -0.3 is 19.7 Å². The van der Waals surface area contributed by atoms with E-state index in [-0.39, 0.29) is 10.8 Å². The number of sulfonamides is 1. The number of hydrogen-bond acceptors (Lipinski definition) is 6. The van der Waals surface area contributed by atoms with E-state index in [1.807, 2.05) is 24.3 Å². The molecule has 2 aromatic carbocycles. The number of hydrogen-bond donors (Lipinski definition) is 1. The summed E-state index contributed by atoms with van der Waals surface area (Å²) in [4.78, 5) is 15.2. The summed E-state index contributed by atoms with van der Waals surface area (Å²) in [6, 6.07) is 12.4. The number of ether oxygens (including phenoxy) is 2. The zero-order chi connectivity index (χ0) is 24.0. The van der Waals surface area contributed by atoms with Gasteiger partial charge in [0.05, 0.1) is 36.6 Å². The van der Waals surface area contributed by atoms with Crippen molar-refractivity contribution in [3.05, 3.63) is 54.1 Å². The minimum absolute atomic E-state index is 0.171. The molecule has 0 radical (unpaired) electrons. The Kier molecular flexibility index (Phi) is 7.87. The minimum Gasteiger partial charge on any atom is -0.497 e. The first kappa shape index (κ1) is 24.3. The second kappa shape index (κ2) is 11.0. The van der Waals surface area contributed by atoms with Gasteiger partial charge in [0, 0.05) is 32.3 Å². The molecule has 1 N–H and O–H groups in total. The van der Waals surface area contributed by atoms with Gasteiger partial charge in [0.1, 0.15) is 5.75 Å². The zero-order valence-corrected chi connectivity index (χ0v) is 20.2. The molecule has 0 saturated carbocycles. The third-order valence-corrected chi connectivity index (χ3v) is 7.97. The van der Waals surface area contributed by atoms with Gasteiger partial charge >= 0.3 is 0 Å². The van der Waals surface area contributed by atoms with Crippen LogP contribution in [0.4, 0.5) is 11.4 Å². The van der Waals surface area contributed by atoms with Crippen LogP contribution in [-0.4, -0.2) is 65.1 Å². The molecule has 2 heterocycles. The maximum Gasteiger partial charge on any atom is 0.248 e. The van der Waals surface area contributed by atoms with Crippen molar-refractivity contribution in [2.24, 2.45) is 0 Å². The summed E-state index contributed by atoms with van der Waals surface area (Å²) in [7, 11) is -2.07. The number of benzene rings is 2. The van der Waals surface area contributed by atoms with Crippen molar-refractivity contribution in [2.75, 3.05) is 56.7 Å². The third kappa shape index (κ3) is 5.78. The SMILES string of the molecule is COc1ccc(/C=C/C(=O)Nc2cc(S(=O)(=O)N3CCOCC3)ccc2N2CCCCC2)cc1. The number of piperidine rings is 1. The van der Waals surface area contributed by atoms with Crippen molar-refractivity contribution in [3.63, 3.8) is 0 Å². The van der Waals surface area contributed by atoms with Crippen LogP contribution in [0.25, 0.3) is 6.08 Å². The van der Waals surface area contributed by atoms with Gasteiger partial charge in [0.25, 0.3) is 0 Å². The number of methoxy groups -OCH3 is 1. The highest BCUT2D eigenvalue weighted by atomic mass is 32.2. The maximum atomic E-state index is 13.2. The molecule has 0 bridgehead atoms. The lowest BCUT2D eigenvalue weighted by atomic mass is 10.1. The molecule has 0 aliphatic carbocycles. The molecule has 2 aliphatic rings. The summed E-state index contributed by atoms with van der Waals surface area (Å²) in [5.74, 6) is 0.418. The molecular formula is C25H31N3O5S. The molecule has 34 heavy (non-hydrogen) atoms. The van der Waals surface area contributed by atoms with Crippen molar-refractivity contribution < 1.29 is 22.7 Å². The van der Waals surface area contributed by atoms with Crippen LogP contribution in [0, 0.1) is 0 Å². The van der Waals surface area contributed by atoms with Gasteiger partial charge in [-0.3, -0.25) is 4.79 Å². The van der Waals surface area contributed by atoms with E-state index in [4.69, 9.17) is 9.47 Å². The third-order valence-electron chi connectivity index (χ3n) is 6.07. The predicted molar refractivity (Wildman–Crippen MR) is 133 cm³/mol. The molecule has 182 valence electrons. The average molecular weight is 486 g/mol. The molecule has 0 aromatic heterocycles. The fourth-order valence-corrected chi connectivity index (χ4v) is 5.62. The highest BCUT2D eigenvalue weighted by Gasteiger charge is 2.28. The van der Waals surface area contributed by atoms with Crippen molar-refractivity contribution in [1.29, 1.82) is 0 Å². The van der Waals surface area contributed by atoms with Crippen LogP contribution >= 0.6 is 0 Å². The molecule has 4 rings (SSSR count). The maximum absolute atomic E-state index is 13.2. The normalized spacial score (nSPS) is 17.6. The predicted octanol–water partition coefficient (Wildman–Crippen LogP) is 3.36. The zero-order valence-electron chi connectivity index (χ0n) is 19.4. The Hall–Kier alpha value is -2.88. The first-order valence-corrected chi connectivity index (χ1v) is 13.0. The number of anilines is 2. The van der Waals surface area contributed by atoms with E-state index >= 15 is 0 Å². The molecule has 0 atom stereocenters. The van der Waals surface area contributed by atoms with Crippen LogP contribution in [0.5, 0.6) is 5.75 Å². The summed E-state index contributed by atoms with van der Waals surface area (Å²) >= 11 is 0. The molecular weight excluding hydrogens is 454 g/mol. The van der Waals surface area contributed by atoms with E-state index in [0.717, 1.165) is 42.9 Å². The monoisotopic (exact) mass is 485 g/mol. The topological polar surface area (TPSA) is 88.2 Å².